The van der Waals surface area contributed by atoms with E-state index in [1.807, 2.05) is 6.07 Å². The molecule has 0 bridgehead atoms. The van der Waals surface area contributed by atoms with E-state index in [0.717, 1.165) is 18.4 Å². The van der Waals surface area contributed by atoms with Crippen LogP contribution in [0.2, 0.25) is 0 Å². The van der Waals surface area contributed by atoms with E-state index in [0.29, 0.717) is 0 Å². The smallest absolute Gasteiger partial charge is 0.0684 e. The van der Waals surface area contributed by atoms with E-state index < -0.39 is 0 Å². The largest absolute Gasteiger partial charge is 0.392 e. The second kappa shape index (κ2) is 7.25. The lowest BCUT2D eigenvalue weighted by atomic mass is 9.98. The molecule has 0 amide bonds. The van der Waals surface area contributed by atoms with Crippen molar-refractivity contribution in [3.05, 3.63) is 70.3 Å². The zero-order valence-corrected chi connectivity index (χ0v) is 12.5. The SMILES string of the molecule is Cc1cccc(CCCCc2cc(C)ccc2CO)c1. The topological polar surface area (TPSA) is 20.2 Å². The third-order valence-electron chi connectivity index (χ3n) is 3.78. The van der Waals surface area contributed by atoms with Crippen LogP contribution in [0.1, 0.15) is 40.7 Å². The lowest BCUT2D eigenvalue weighted by Gasteiger charge is -2.09. The molecule has 0 saturated heterocycles. The third-order valence-corrected chi connectivity index (χ3v) is 3.78. The minimum absolute atomic E-state index is 0.146. The van der Waals surface area contributed by atoms with E-state index in [-0.39, 0.29) is 6.61 Å². The normalized spacial score (nSPS) is 10.8. The van der Waals surface area contributed by atoms with E-state index in [9.17, 15) is 5.11 Å². The second-order valence-corrected chi connectivity index (χ2v) is 5.63. The number of rotatable bonds is 6. The summed E-state index contributed by atoms with van der Waals surface area (Å²) in [4.78, 5) is 0. The average molecular weight is 268 g/mol. The Morgan fingerprint density at radius 3 is 2.30 bits per heavy atom. The van der Waals surface area contributed by atoms with Gasteiger partial charge in [0.25, 0.3) is 0 Å². The Hall–Kier alpha value is -1.60. The highest BCUT2D eigenvalue weighted by molar-refractivity contribution is 5.31. The zero-order valence-electron chi connectivity index (χ0n) is 12.5. The molecule has 1 heteroatoms. The van der Waals surface area contributed by atoms with Gasteiger partial charge < -0.3 is 5.11 Å². The Kier molecular flexibility index (Phi) is 5.37. The molecule has 0 spiro atoms. The number of aliphatic hydroxyl groups is 1. The zero-order chi connectivity index (χ0) is 14.4. The van der Waals surface area contributed by atoms with Crippen molar-refractivity contribution >= 4 is 0 Å². The van der Waals surface area contributed by atoms with E-state index in [2.05, 4.69) is 50.2 Å². The monoisotopic (exact) mass is 268 g/mol. The molecule has 0 aromatic heterocycles. The molecule has 0 fully saturated rings. The minimum Gasteiger partial charge on any atom is -0.392 e. The van der Waals surface area contributed by atoms with Crippen molar-refractivity contribution in [1.82, 2.24) is 0 Å². The Bertz CT molecular complexity index is 557. The molecule has 106 valence electrons. The predicted octanol–water partition coefficient (Wildman–Crippen LogP) is 4.36. The summed E-state index contributed by atoms with van der Waals surface area (Å²) in [6.45, 7) is 4.40. The summed E-state index contributed by atoms with van der Waals surface area (Å²) in [5, 5.41) is 9.37. The fraction of sp³-hybridized carbons (Fsp3) is 0.368. The highest BCUT2D eigenvalue weighted by atomic mass is 16.3. The Morgan fingerprint density at radius 2 is 1.55 bits per heavy atom. The van der Waals surface area contributed by atoms with Crippen LogP contribution >= 0.6 is 0 Å². The molecule has 0 aliphatic heterocycles. The highest BCUT2D eigenvalue weighted by Gasteiger charge is 2.02. The maximum atomic E-state index is 9.37. The van der Waals surface area contributed by atoms with Crippen LogP contribution in [0.5, 0.6) is 0 Å². The van der Waals surface area contributed by atoms with Crippen molar-refractivity contribution in [2.24, 2.45) is 0 Å². The maximum Gasteiger partial charge on any atom is 0.0684 e. The van der Waals surface area contributed by atoms with Crippen molar-refractivity contribution in [2.45, 2.75) is 46.1 Å². The van der Waals surface area contributed by atoms with Crippen molar-refractivity contribution in [3.8, 4) is 0 Å². The van der Waals surface area contributed by atoms with Crippen molar-refractivity contribution in [2.75, 3.05) is 0 Å². The summed E-state index contributed by atoms with van der Waals surface area (Å²) in [7, 11) is 0. The van der Waals surface area contributed by atoms with Gasteiger partial charge in [0.15, 0.2) is 0 Å². The quantitative estimate of drug-likeness (QED) is 0.772. The molecule has 0 aliphatic carbocycles. The average Bonchev–Trinajstić information content (AvgIpc) is 2.44. The van der Waals surface area contributed by atoms with E-state index in [4.69, 9.17) is 0 Å². The van der Waals surface area contributed by atoms with Gasteiger partial charge >= 0.3 is 0 Å². The molecular weight excluding hydrogens is 244 g/mol. The number of hydrogen-bond donors (Lipinski definition) is 1. The summed E-state index contributed by atoms with van der Waals surface area (Å²) in [5.41, 5.74) is 6.42. The molecule has 2 aromatic carbocycles. The van der Waals surface area contributed by atoms with Gasteiger partial charge in [-0.05, 0) is 56.2 Å². The first-order valence-electron chi connectivity index (χ1n) is 7.44. The molecule has 0 radical (unpaired) electrons. The predicted molar refractivity (Wildman–Crippen MR) is 84.9 cm³/mol. The molecule has 1 N–H and O–H groups in total. The molecule has 1 nitrogen and oxygen atoms in total. The maximum absolute atomic E-state index is 9.37. The summed E-state index contributed by atoms with van der Waals surface area (Å²) >= 11 is 0. The van der Waals surface area contributed by atoms with Crippen LogP contribution < -0.4 is 0 Å². The number of aliphatic hydroxyl groups excluding tert-OH is 1. The Labute approximate surface area is 122 Å². The Balaban J connectivity index is 1.85. The summed E-state index contributed by atoms with van der Waals surface area (Å²) in [5.74, 6) is 0. The minimum atomic E-state index is 0.146. The van der Waals surface area contributed by atoms with Gasteiger partial charge in [-0.25, -0.2) is 0 Å². The number of benzene rings is 2. The molecule has 0 saturated carbocycles. The second-order valence-electron chi connectivity index (χ2n) is 5.63. The molecule has 0 aliphatic rings. The molecule has 0 heterocycles. The van der Waals surface area contributed by atoms with E-state index in [1.54, 1.807) is 0 Å². The van der Waals surface area contributed by atoms with Crippen LogP contribution in [0, 0.1) is 13.8 Å². The molecule has 20 heavy (non-hydrogen) atoms. The molecule has 0 atom stereocenters. The van der Waals surface area contributed by atoms with E-state index in [1.165, 1.54) is 35.1 Å². The Morgan fingerprint density at radius 1 is 0.800 bits per heavy atom. The van der Waals surface area contributed by atoms with Gasteiger partial charge in [-0.1, -0.05) is 53.6 Å². The van der Waals surface area contributed by atoms with E-state index >= 15 is 0 Å². The van der Waals surface area contributed by atoms with Crippen LogP contribution in [0.4, 0.5) is 0 Å². The summed E-state index contributed by atoms with van der Waals surface area (Å²) < 4.78 is 0. The number of hydrogen-bond acceptors (Lipinski definition) is 1. The van der Waals surface area contributed by atoms with Crippen LogP contribution in [0.15, 0.2) is 42.5 Å². The van der Waals surface area contributed by atoms with Gasteiger partial charge in [0, 0.05) is 0 Å². The fourth-order valence-corrected chi connectivity index (χ4v) is 2.65. The van der Waals surface area contributed by atoms with Gasteiger partial charge in [0.2, 0.25) is 0 Å². The van der Waals surface area contributed by atoms with Crippen molar-refractivity contribution < 1.29 is 5.11 Å². The van der Waals surface area contributed by atoms with Crippen molar-refractivity contribution in [3.63, 3.8) is 0 Å². The summed E-state index contributed by atoms with van der Waals surface area (Å²) in [6.07, 6.45) is 4.57. The first-order valence-corrected chi connectivity index (χ1v) is 7.44. The lowest BCUT2D eigenvalue weighted by Crippen LogP contribution is -1.96. The van der Waals surface area contributed by atoms with Crippen LogP contribution in [-0.4, -0.2) is 5.11 Å². The number of aryl methyl sites for hydroxylation is 4. The fourth-order valence-electron chi connectivity index (χ4n) is 2.65. The molecular formula is C19H24O. The van der Waals surface area contributed by atoms with Crippen LogP contribution in [-0.2, 0) is 19.4 Å². The van der Waals surface area contributed by atoms with Gasteiger partial charge in [-0.3, -0.25) is 0 Å². The highest BCUT2D eigenvalue weighted by Crippen LogP contribution is 2.16. The molecule has 2 rings (SSSR count). The van der Waals surface area contributed by atoms with Gasteiger partial charge in [-0.2, -0.15) is 0 Å². The first kappa shape index (κ1) is 14.8. The first-order chi connectivity index (χ1) is 9.69. The van der Waals surface area contributed by atoms with Crippen LogP contribution in [0.25, 0.3) is 0 Å². The third kappa shape index (κ3) is 4.21. The molecule has 2 aromatic rings. The van der Waals surface area contributed by atoms with Crippen molar-refractivity contribution in [1.29, 1.82) is 0 Å². The van der Waals surface area contributed by atoms with Gasteiger partial charge in [0.05, 0.1) is 6.61 Å². The lowest BCUT2D eigenvalue weighted by molar-refractivity contribution is 0.280. The van der Waals surface area contributed by atoms with Gasteiger partial charge in [-0.15, -0.1) is 0 Å². The van der Waals surface area contributed by atoms with Crippen LogP contribution in [0.3, 0.4) is 0 Å². The summed E-state index contributed by atoms with van der Waals surface area (Å²) in [6, 6.07) is 15.1. The number of unbranched alkanes of at least 4 members (excludes halogenated alkanes) is 1. The molecule has 0 unspecified atom stereocenters. The van der Waals surface area contributed by atoms with Gasteiger partial charge in [0.1, 0.15) is 0 Å². The standard InChI is InChI=1S/C19H24O/c1-15-6-5-8-17(12-15)7-3-4-9-18-13-16(2)10-11-19(18)14-20/h5-6,8,10-13,20H,3-4,7,9,14H2,1-2H3.